The van der Waals surface area contributed by atoms with Gasteiger partial charge in [0, 0.05) is 18.2 Å². The zero-order chi connectivity index (χ0) is 19.1. The van der Waals surface area contributed by atoms with Gasteiger partial charge in [-0.15, -0.1) is 0 Å². The molecule has 26 heavy (non-hydrogen) atoms. The molecule has 2 aromatic rings. The molecule has 0 bridgehead atoms. The number of amides is 1. The summed E-state index contributed by atoms with van der Waals surface area (Å²) in [7, 11) is 0. The smallest absolute Gasteiger partial charge is 0.305 e. The minimum absolute atomic E-state index is 0.0368. The van der Waals surface area contributed by atoms with Gasteiger partial charge < -0.3 is 10.4 Å². The summed E-state index contributed by atoms with van der Waals surface area (Å²) in [6.07, 6.45) is 0.0434. The predicted molar refractivity (Wildman–Crippen MR) is 95.8 cm³/mol. The summed E-state index contributed by atoms with van der Waals surface area (Å²) >= 11 is 0. The number of carboxylic acid groups (broad SMARTS) is 1. The molecule has 136 valence electrons. The van der Waals surface area contributed by atoms with Gasteiger partial charge in [-0.1, -0.05) is 42.5 Å². The van der Waals surface area contributed by atoms with Crippen LogP contribution >= 0.6 is 0 Å². The van der Waals surface area contributed by atoms with Crippen LogP contribution in [0, 0.1) is 10.1 Å². The number of nitrogens with one attached hydrogen (secondary N) is 1. The van der Waals surface area contributed by atoms with Crippen LogP contribution in [0.4, 0.5) is 5.69 Å². The molecule has 7 nitrogen and oxygen atoms in total. The summed E-state index contributed by atoms with van der Waals surface area (Å²) in [5.41, 5.74) is 1.52. The van der Waals surface area contributed by atoms with Crippen LogP contribution in [0.25, 0.3) is 0 Å². The first-order valence-corrected chi connectivity index (χ1v) is 8.17. The number of hydrogen-bond acceptors (Lipinski definition) is 4. The third-order valence-corrected chi connectivity index (χ3v) is 4.09. The van der Waals surface area contributed by atoms with Gasteiger partial charge in [-0.25, -0.2) is 0 Å². The van der Waals surface area contributed by atoms with Gasteiger partial charge >= 0.3 is 5.97 Å². The lowest BCUT2D eigenvalue weighted by Crippen LogP contribution is -2.40. The van der Waals surface area contributed by atoms with E-state index in [4.69, 9.17) is 5.11 Å². The molecule has 0 aromatic heterocycles. The zero-order valence-electron chi connectivity index (χ0n) is 14.3. The molecule has 1 amide bonds. The number of carboxylic acids is 1. The molecule has 0 aliphatic heterocycles. The van der Waals surface area contributed by atoms with Crippen molar-refractivity contribution in [3.8, 4) is 0 Å². The topological polar surface area (TPSA) is 110 Å². The van der Waals surface area contributed by atoms with Crippen LogP contribution in [-0.2, 0) is 16.0 Å². The first kappa shape index (κ1) is 19.1. The molecule has 0 saturated carbocycles. The van der Waals surface area contributed by atoms with Gasteiger partial charge in [0.25, 0.3) is 5.69 Å². The molecular weight excluding hydrogens is 336 g/mol. The monoisotopic (exact) mass is 356 g/mol. The number of aliphatic carboxylic acids is 1. The molecule has 2 N–H and O–H groups in total. The highest BCUT2D eigenvalue weighted by Gasteiger charge is 2.21. The van der Waals surface area contributed by atoms with E-state index in [1.54, 1.807) is 19.1 Å². The molecule has 7 heteroatoms. The van der Waals surface area contributed by atoms with Gasteiger partial charge in [-0.3, -0.25) is 19.7 Å². The van der Waals surface area contributed by atoms with Gasteiger partial charge in [-0.05, 0) is 24.5 Å². The molecule has 2 atom stereocenters. The van der Waals surface area contributed by atoms with Crippen molar-refractivity contribution < 1.29 is 19.6 Å². The molecule has 0 heterocycles. The van der Waals surface area contributed by atoms with Crippen LogP contribution in [0.1, 0.15) is 30.4 Å². The molecule has 0 spiro atoms. The summed E-state index contributed by atoms with van der Waals surface area (Å²) in [6, 6.07) is 14.5. The van der Waals surface area contributed by atoms with Crippen molar-refractivity contribution in [3.05, 3.63) is 75.8 Å². The third kappa shape index (κ3) is 5.41. The van der Waals surface area contributed by atoms with Crippen LogP contribution in [0.5, 0.6) is 0 Å². The van der Waals surface area contributed by atoms with E-state index < -0.39 is 22.9 Å². The standard InChI is InChI=1S/C19H20N2O5/c1-13(15-5-3-2-4-6-15)19(24)20-16(12-18(22)23)11-14-7-9-17(10-8-14)21(25)26/h2-10,13,16H,11-12H2,1H3,(H,20,24)(H,22,23). The Bertz CT molecular complexity index is 774. The van der Waals surface area contributed by atoms with Crippen LogP contribution in [-0.4, -0.2) is 27.9 Å². The summed E-state index contributed by atoms with van der Waals surface area (Å²) in [6.45, 7) is 1.76. The Kier molecular flexibility index (Phi) is 6.43. The second kappa shape index (κ2) is 8.75. The number of carbonyl (C=O) groups is 2. The maximum Gasteiger partial charge on any atom is 0.305 e. The Morgan fingerprint density at radius 3 is 2.27 bits per heavy atom. The van der Waals surface area contributed by atoms with Crippen molar-refractivity contribution in [1.82, 2.24) is 5.32 Å². The van der Waals surface area contributed by atoms with Crippen molar-refractivity contribution in [2.75, 3.05) is 0 Å². The quantitative estimate of drug-likeness (QED) is 0.558. The molecule has 2 unspecified atom stereocenters. The fraction of sp³-hybridized carbons (Fsp3) is 0.263. The van der Waals surface area contributed by atoms with Crippen molar-refractivity contribution in [2.24, 2.45) is 0 Å². The molecule has 0 radical (unpaired) electrons. The number of rotatable bonds is 8. The van der Waals surface area contributed by atoms with Crippen molar-refractivity contribution in [2.45, 2.75) is 31.7 Å². The number of benzene rings is 2. The molecule has 0 fully saturated rings. The highest BCUT2D eigenvalue weighted by molar-refractivity contribution is 5.84. The second-order valence-corrected chi connectivity index (χ2v) is 6.06. The van der Waals surface area contributed by atoms with Gasteiger partial charge in [0.1, 0.15) is 0 Å². The fourth-order valence-electron chi connectivity index (χ4n) is 2.64. The van der Waals surface area contributed by atoms with Gasteiger partial charge in [0.15, 0.2) is 0 Å². The Labute approximate surface area is 150 Å². The summed E-state index contributed by atoms with van der Waals surface area (Å²) in [4.78, 5) is 33.8. The Balaban J connectivity index is 2.07. The lowest BCUT2D eigenvalue weighted by molar-refractivity contribution is -0.384. The molecule has 0 aliphatic carbocycles. The van der Waals surface area contributed by atoms with Gasteiger partial charge in [0.2, 0.25) is 5.91 Å². The van der Waals surface area contributed by atoms with Gasteiger partial charge in [0.05, 0.1) is 17.3 Å². The Morgan fingerprint density at radius 1 is 1.12 bits per heavy atom. The molecule has 2 rings (SSSR count). The van der Waals surface area contributed by atoms with E-state index in [1.165, 1.54) is 12.1 Å². The average molecular weight is 356 g/mol. The maximum atomic E-state index is 12.5. The number of carbonyl (C=O) groups excluding carboxylic acids is 1. The van der Waals surface area contributed by atoms with Crippen LogP contribution < -0.4 is 5.32 Å². The largest absolute Gasteiger partial charge is 0.481 e. The minimum Gasteiger partial charge on any atom is -0.481 e. The number of nitrogens with zero attached hydrogens (tertiary/aromatic N) is 1. The van der Waals surface area contributed by atoms with Crippen LogP contribution in [0.2, 0.25) is 0 Å². The van der Waals surface area contributed by atoms with Crippen LogP contribution in [0.3, 0.4) is 0 Å². The number of non-ortho nitro benzene ring substituents is 1. The summed E-state index contributed by atoms with van der Waals surface area (Å²) < 4.78 is 0. The molecule has 2 aromatic carbocycles. The fourth-order valence-corrected chi connectivity index (χ4v) is 2.64. The van der Waals surface area contributed by atoms with Crippen molar-refractivity contribution in [1.29, 1.82) is 0 Å². The lowest BCUT2D eigenvalue weighted by atomic mass is 9.98. The van der Waals surface area contributed by atoms with Crippen molar-refractivity contribution in [3.63, 3.8) is 0 Å². The molecule has 0 saturated heterocycles. The SMILES string of the molecule is CC(C(=O)NC(CC(=O)O)Cc1ccc([N+](=O)[O-])cc1)c1ccccc1. The van der Waals surface area contributed by atoms with E-state index >= 15 is 0 Å². The number of hydrogen-bond donors (Lipinski definition) is 2. The average Bonchev–Trinajstić information content (AvgIpc) is 2.61. The normalized spacial score (nSPS) is 12.8. The highest BCUT2D eigenvalue weighted by atomic mass is 16.6. The molecular formula is C19H20N2O5. The van der Waals surface area contributed by atoms with E-state index in [-0.39, 0.29) is 24.4 Å². The zero-order valence-corrected chi connectivity index (χ0v) is 14.3. The summed E-state index contributed by atoms with van der Waals surface area (Å²) in [5.74, 6) is -1.70. The summed E-state index contributed by atoms with van der Waals surface area (Å²) in [5, 5.41) is 22.6. The van der Waals surface area contributed by atoms with E-state index in [1.807, 2.05) is 30.3 Å². The number of nitro groups is 1. The molecule has 0 aliphatic rings. The highest BCUT2D eigenvalue weighted by Crippen LogP contribution is 2.17. The number of nitro benzene ring substituents is 1. The first-order chi connectivity index (χ1) is 12.4. The van der Waals surface area contributed by atoms with E-state index in [0.29, 0.717) is 0 Å². The Morgan fingerprint density at radius 2 is 1.73 bits per heavy atom. The van der Waals surface area contributed by atoms with E-state index in [9.17, 15) is 19.7 Å². The third-order valence-electron chi connectivity index (χ3n) is 4.09. The second-order valence-electron chi connectivity index (χ2n) is 6.06. The maximum absolute atomic E-state index is 12.5. The lowest BCUT2D eigenvalue weighted by Gasteiger charge is -2.20. The van der Waals surface area contributed by atoms with Crippen molar-refractivity contribution >= 4 is 17.6 Å². The predicted octanol–water partition coefficient (Wildman–Crippen LogP) is 2.90. The van der Waals surface area contributed by atoms with E-state index in [0.717, 1.165) is 11.1 Å². The van der Waals surface area contributed by atoms with E-state index in [2.05, 4.69) is 5.32 Å². The first-order valence-electron chi connectivity index (χ1n) is 8.17. The minimum atomic E-state index is -1.02. The van der Waals surface area contributed by atoms with Gasteiger partial charge in [-0.2, -0.15) is 0 Å². The van der Waals surface area contributed by atoms with Crippen LogP contribution in [0.15, 0.2) is 54.6 Å². The Hall–Kier alpha value is -3.22.